The molecule has 0 saturated carbocycles. The lowest BCUT2D eigenvalue weighted by Crippen LogP contribution is -1.93. The van der Waals surface area contributed by atoms with Crippen LogP contribution in [0.5, 0.6) is 0 Å². The summed E-state index contributed by atoms with van der Waals surface area (Å²) in [7, 11) is 0. The lowest BCUT2D eigenvalue weighted by Gasteiger charge is -2.05. The minimum atomic E-state index is 0.577. The first kappa shape index (κ1) is 18.1. The number of aromatic nitrogens is 2. The van der Waals surface area contributed by atoms with Crippen molar-refractivity contribution < 1.29 is 4.42 Å². The zero-order valence-corrected chi connectivity index (χ0v) is 16.6. The second-order valence-electron chi connectivity index (χ2n) is 6.40. The maximum atomic E-state index is 6.27. The number of pyridine rings is 1. The van der Waals surface area contributed by atoms with Gasteiger partial charge >= 0.3 is 0 Å². The van der Waals surface area contributed by atoms with Gasteiger partial charge in [0.05, 0.1) is 11.9 Å². The van der Waals surface area contributed by atoms with Gasteiger partial charge in [0.15, 0.2) is 0 Å². The van der Waals surface area contributed by atoms with E-state index < -0.39 is 0 Å². The summed E-state index contributed by atoms with van der Waals surface area (Å²) in [4.78, 5) is 10.7. The van der Waals surface area contributed by atoms with E-state index in [-0.39, 0.29) is 0 Å². The lowest BCUT2D eigenvalue weighted by atomic mass is 10.1. The van der Waals surface area contributed by atoms with Gasteiger partial charge in [0.1, 0.15) is 15.5 Å². The molecule has 0 spiro atoms. The number of hydrogen-bond acceptors (Lipinski definition) is 5. The number of nitrogens with two attached hydrogens (primary N) is 1. The topological polar surface area (TPSA) is 64.9 Å². The average molecular weight is 366 g/mol. The number of oxazole rings is 1. The van der Waals surface area contributed by atoms with Crippen molar-refractivity contribution in [3.8, 4) is 10.8 Å². The van der Waals surface area contributed by atoms with E-state index >= 15 is 0 Å². The molecule has 4 rings (SSSR count). The van der Waals surface area contributed by atoms with Crippen molar-refractivity contribution in [2.75, 3.05) is 5.73 Å². The molecule has 4 aromatic rings. The summed E-state index contributed by atoms with van der Waals surface area (Å²) in [6.45, 7) is 10.1. The van der Waals surface area contributed by atoms with Crippen molar-refractivity contribution in [1.29, 1.82) is 0 Å². The van der Waals surface area contributed by atoms with Gasteiger partial charge in [-0.2, -0.15) is 0 Å². The Hall–Kier alpha value is -2.66. The number of nitrogens with zero attached hydrogens (tertiary/aromatic N) is 2. The number of fused-ring (bicyclic) bond motifs is 1. The molecule has 3 heterocycles. The molecule has 0 fully saturated rings. The van der Waals surface area contributed by atoms with Crippen molar-refractivity contribution in [3.05, 3.63) is 64.7 Å². The molecular formula is C21H23N3OS. The number of thiophene rings is 1. The molecular weight excluding hydrogens is 342 g/mol. The predicted octanol–water partition coefficient (Wildman–Crippen LogP) is 5.76. The van der Waals surface area contributed by atoms with E-state index in [0.29, 0.717) is 5.89 Å². The Balaban J connectivity index is 0.000000236. The highest BCUT2D eigenvalue weighted by Crippen LogP contribution is 2.41. The molecule has 3 aromatic heterocycles. The third kappa shape index (κ3) is 3.48. The first-order valence-corrected chi connectivity index (χ1v) is 9.30. The Morgan fingerprint density at radius 1 is 0.962 bits per heavy atom. The highest BCUT2D eigenvalue weighted by atomic mass is 32.1. The minimum absolute atomic E-state index is 0.577. The van der Waals surface area contributed by atoms with Crippen molar-refractivity contribution in [1.82, 2.24) is 9.97 Å². The third-order valence-electron chi connectivity index (χ3n) is 4.43. The van der Waals surface area contributed by atoms with E-state index in [0.717, 1.165) is 32.2 Å². The zero-order valence-electron chi connectivity index (χ0n) is 15.8. The maximum Gasteiger partial charge on any atom is 0.238 e. The quantitative estimate of drug-likeness (QED) is 0.465. The molecule has 0 unspecified atom stereocenters. The van der Waals surface area contributed by atoms with E-state index in [1.807, 2.05) is 32.0 Å². The van der Waals surface area contributed by atoms with Gasteiger partial charge in [-0.25, -0.2) is 9.97 Å². The molecule has 0 saturated heterocycles. The van der Waals surface area contributed by atoms with Gasteiger partial charge in [-0.1, -0.05) is 35.9 Å². The van der Waals surface area contributed by atoms with Crippen LogP contribution < -0.4 is 5.73 Å². The van der Waals surface area contributed by atoms with Crippen molar-refractivity contribution in [3.63, 3.8) is 0 Å². The maximum absolute atomic E-state index is 6.27. The van der Waals surface area contributed by atoms with Gasteiger partial charge in [-0.05, 0) is 45.7 Å². The fraction of sp³-hybridized carbons (Fsp3) is 0.238. The van der Waals surface area contributed by atoms with Crippen LogP contribution in [0.15, 0.2) is 40.9 Å². The van der Waals surface area contributed by atoms with Crippen LogP contribution in [0.3, 0.4) is 0 Å². The highest BCUT2D eigenvalue weighted by Gasteiger charge is 2.19. The molecule has 0 aliphatic rings. The van der Waals surface area contributed by atoms with Crippen LogP contribution in [0.2, 0.25) is 0 Å². The molecule has 0 amide bonds. The van der Waals surface area contributed by atoms with E-state index in [1.54, 1.807) is 6.20 Å². The zero-order chi connectivity index (χ0) is 18.8. The van der Waals surface area contributed by atoms with Crippen LogP contribution in [-0.2, 0) is 0 Å². The van der Waals surface area contributed by atoms with Crippen molar-refractivity contribution in [2.45, 2.75) is 34.6 Å². The number of rotatable bonds is 1. The van der Waals surface area contributed by atoms with Crippen LogP contribution in [0.1, 0.15) is 28.1 Å². The summed E-state index contributed by atoms with van der Waals surface area (Å²) in [6.07, 6.45) is 1.70. The van der Waals surface area contributed by atoms with E-state index in [2.05, 4.69) is 42.9 Å². The van der Waals surface area contributed by atoms with Crippen LogP contribution in [0.4, 0.5) is 5.69 Å². The summed E-state index contributed by atoms with van der Waals surface area (Å²) in [5, 5.41) is 1.03. The number of benzene rings is 1. The molecule has 0 radical (unpaired) electrons. The SMILES string of the molecule is Cc1ccccc1.Cc1cnc(-c2sc3nc(C)c(C)c(C)c3c2N)o1. The number of anilines is 1. The van der Waals surface area contributed by atoms with Crippen LogP contribution in [0.25, 0.3) is 21.0 Å². The highest BCUT2D eigenvalue weighted by molar-refractivity contribution is 7.22. The van der Waals surface area contributed by atoms with Crippen LogP contribution in [0, 0.1) is 34.6 Å². The number of nitrogen functional groups attached to an aromatic ring is 1. The fourth-order valence-electron chi connectivity index (χ4n) is 2.72. The Bertz CT molecular complexity index is 1050. The third-order valence-corrected chi connectivity index (χ3v) is 5.52. The van der Waals surface area contributed by atoms with Gasteiger partial charge in [-0.15, -0.1) is 11.3 Å². The summed E-state index contributed by atoms with van der Waals surface area (Å²) < 4.78 is 5.57. The smallest absolute Gasteiger partial charge is 0.238 e. The Morgan fingerprint density at radius 3 is 2.19 bits per heavy atom. The first-order valence-electron chi connectivity index (χ1n) is 8.48. The molecule has 1 aromatic carbocycles. The van der Waals surface area contributed by atoms with Gasteiger partial charge in [-0.3, -0.25) is 0 Å². The van der Waals surface area contributed by atoms with Crippen LogP contribution >= 0.6 is 11.3 Å². The van der Waals surface area contributed by atoms with Gasteiger partial charge in [0, 0.05) is 11.1 Å². The fourth-order valence-corrected chi connectivity index (χ4v) is 3.86. The molecule has 0 atom stereocenters. The number of hydrogen-bond donors (Lipinski definition) is 1. The summed E-state index contributed by atoms with van der Waals surface area (Å²) in [5.74, 6) is 1.36. The summed E-state index contributed by atoms with van der Waals surface area (Å²) in [5.41, 5.74) is 11.7. The summed E-state index contributed by atoms with van der Waals surface area (Å²) >= 11 is 1.53. The Morgan fingerprint density at radius 2 is 1.65 bits per heavy atom. The minimum Gasteiger partial charge on any atom is -0.441 e. The number of aryl methyl sites for hydroxylation is 4. The monoisotopic (exact) mass is 365 g/mol. The lowest BCUT2D eigenvalue weighted by molar-refractivity contribution is 0.544. The molecule has 4 nitrogen and oxygen atoms in total. The van der Waals surface area contributed by atoms with Crippen molar-refractivity contribution in [2.24, 2.45) is 0 Å². The molecule has 26 heavy (non-hydrogen) atoms. The van der Waals surface area contributed by atoms with E-state index in [1.165, 1.54) is 28.0 Å². The molecule has 0 aliphatic heterocycles. The Kier molecular flexibility index (Phi) is 5.09. The molecule has 0 bridgehead atoms. The molecule has 0 aliphatic carbocycles. The van der Waals surface area contributed by atoms with Crippen molar-refractivity contribution >= 4 is 27.2 Å². The largest absolute Gasteiger partial charge is 0.441 e. The second-order valence-corrected chi connectivity index (χ2v) is 7.40. The second kappa shape index (κ2) is 7.30. The normalized spacial score (nSPS) is 10.7. The standard InChI is InChI=1S/C14H15N3OS.C7H8/c1-6-5-16-13(18-6)12-11(15)10-8(3)7(2)9(4)17-14(10)19-12;1-7-5-3-2-4-6-7/h5H,15H2,1-4H3;2-6H,1H3. The van der Waals surface area contributed by atoms with Crippen LogP contribution in [-0.4, -0.2) is 9.97 Å². The van der Waals surface area contributed by atoms with Gasteiger partial charge in [0.2, 0.25) is 5.89 Å². The molecule has 5 heteroatoms. The predicted molar refractivity (Wildman–Crippen MR) is 110 cm³/mol. The van der Waals surface area contributed by atoms with Gasteiger partial charge in [0.25, 0.3) is 0 Å². The summed E-state index contributed by atoms with van der Waals surface area (Å²) in [6, 6.07) is 10.3. The van der Waals surface area contributed by atoms with E-state index in [9.17, 15) is 0 Å². The molecule has 2 N–H and O–H groups in total. The van der Waals surface area contributed by atoms with E-state index in [4.69, 9.17) is 10.2 Å². The average Bonchev–Trinajstić information content (AvgIpc) is 3.17. The Labute approximate surface area is 157 Å². The van der Waals surface area contributed by atoms with Gasteiger partial charge < -0.3 is 10.2 Å². The first-order chi connectivity index (χ1) is 12.4. The molecule has 134 valence electrons.